The van der Waals surface area contributed by atoms with Crippen molar-refractivity contribution in [2.75, 3.05) is 6.61 Å². The van der Waals surface area contributed by atoms with E-state index in [2.05, 4.69) is 0 Å². The third-order valence-corrected chi connectivity index (χ3v) is 18.3. The van der Waals surface area contributed by atoms with Crippen molar-refractivity contribution in [2.45, 2.75) is 83.2 Å². The molecule has 0 rings (SSSR count). The van der Waals surface area contributed by atoms with E-state index in [1.807, 2.05) is 0 Å². The molecule has 0 aromatic heterocycles. The second kappa shape index (κ2) is 12.2. The van der Waals surface area contributed by atoms with Gasteiger partial charge in [-0.15, -0.1) is 0 Å². The van der Waals surface area contributed by atoms with Gasteiger partial charge in [0.15, 0.2) is 30.9 Å². The Kier molecular flexibility index (Phi) is 11.9. The molecule has 0 spiro atoms. The lowest BCUT2D eigenvalue weighted by Crippen LogP contribution is -2.61. The van der Waals surface area contributed by atoms with Gasteiger partial charge in [-0.25, -0.2) is 9.59 Å². The fraction of sp³-hybridized carbons (Fsp3) is 0.789. The molecule has 0 saturated carbocycles. The number of esters is 1. The highest BCUT2D eigenvalue weighted by atomic mass is 28.5. The molecule has 0 bridgehead atoms. The van der Waals surface area contributed by atoms with Gasteiger partial charge in [0.2, 0.25) is 0 Å². The number of carbonyl (C=O) groups is 2. The van der Waals surface area contributed by atoms with Gasteiger partial charge in [0.25, 0.3) is 0 Å². The Balaban J connectivity index is 6.36. The molecule has 0 saturated heterocycles. The number of hydrogen-bond acceptors (Lipinski definition) is 6. The molecule has 1 unspecified atom stereocenters. The zero-order valence-electron chi connectivity index (χ0n) is 21.9. The molecular formula is C19H36F6O7Si4. The van der Waals surface area contributed by atoms with Crippen LogP contribution in [0.2, 0.25) is 64.5 Å². The second-order valence-corrected chi connectivity index (χ2v) is 27.4. The molecule has 0 fully saturated rings. The average Bonchev–Trinajstić information content (AvgIpc) is 2.51. The number of carboxylic acid groups (broad SMARTS) is 1. The fourth-order valence-electron chi connectivity index (χ4n) is 3.76. The van der Waals surface area contributed by atoms with E-state index in [4.69, 9.17) is 22.2 Å². The van der Waals surface area contributed by atoms with Gasteiger partial charge in [-0.3, -0.25) is 0 Å². The second-order valence-electron chi connectivity index (χ2n) is 10.8. The van der Waals surface area contributed by atoms with Crippen molar-refractivity contribution in [3.63, 3.8) is 0 Å². The summed E-state index contributed by atoms with van der Waals surface area (Å²) >= 11 is 0. The smallest absolute Gasteiger partial charge is 0.466 e. The average molecular weight is 603 g/mol. The number of rotatable bonds is 13. The molecule has 17 heteroatoms. The van der Waals surface area contributed by atoms with Crippen molar-refractivity contribution in [2.24, 2.45) is 5.92 Å². The minimum Gasteiger partial charge on any atom is -0.478 e. The SMILES string of the molecule is C[Si](C)(C)O[Si](C)(O[Si](C)(C)C)O[Si](C)(C)C(CCOC(=O)C=CC(=O)O)C(C(F)(F)F)C(F)(F)F. The zero-order valence-corrected chi connectivity index (χ0v) is 25.9. The highest BCUT2D eigenvalue weighted by Crippen LogP contribution is 2.52. The van der Waals surface area contributed by atoms with Crippen LogP contribution in [0.5, 0.6) is 0 Å². The highest BCUT2D eigenvalue weighted by Gasteiger charge is 2.64. The highest BCUT2D eigenvalue weighted by molar-refractivity contribution is 6.90. The number of carboxylic acids is 1. The normalized spacial score (nSPS) is 15.4. The molecule has 212 valence electrons. The van der Waals surface area contributed by atoms with Crippen LogP contribution in [-0.2, 0) is 26.7 Å². The topological polar surface area (TPSA) is 91.3 Å². The summed E-state index contributed by atoms with van der Waals surface area (Å²) < 4.78 is 106. The summed E-state index contributed by atoms with van der Waals surface area (Å²) in [6, 6.07) is 0. The number of alkyl halides is 6. The molecule has 0 aliphatic carbocycles. The van der Waals surface area contributed by atoms with E-state index < -0.39 is 82.5 Å². The van der Waals surface area contributed by atoms with Crippen molar-refractivity contribution in [3.8, 4) is 0 Å². The summed E-state index contributed by atoms with van der Waals surface area (Å²) in [5.74, 6) is -6.43. The van der Waals surface area contributed by atoms with Gasteiger partial charge in [-0.1, -0.05) is 0 Å². The lowest BCUT2D eigenvalue weighted by molar-refractivity contribution is -0.286. The van der Waals surface area contributed by atoms with Gasteiger partial charge in [0, 0.05) is 24.2 Å². The van der Waals surface area contributed by atoms with Gasteiger partial charge < -0.3 is 22.2 Å². The minimum atomic E-state index is -5.65. The Morgan fingerprint density at radius 2 is 1.19 bits per heavy atom. The predicted molar refractivity (Wildman–Crippen MR) is 131 cm³/mol. The Labute approximate surface area is 211 Å². The van der Waals surface area contributed by atoms with E-state index >= 15 is 0 Å². The van der Waals surface area contributed by atoms with Crippen LogP contribution in [-0.4, -0.2) is 69.8 Å². The largest absolute Gasteiger partial charge is 0.478 e. The third-order valence-electron chi connectivity index (χ3n) is 4.47. The summed E-state index contributed by atoms with van der Waals surface area (Å²) in [6.07, 6.45) is -11.2. The fourth-order valence-corrected chi connectivity index (χ4v) is 20.7. The molecule has 0 radical (unpaired) electrons. The van der Waals surface area contributed by atoms with E-state index in [1.165, 1.54) is 19.6 Å². The summed E-state index contributed by atoms with van der Waals surface area (Å²) in [4.78, 5) is 22.1. The van der Waals surface area contributed by atoms with Crippen LogP contribution in [0, 0.1) is 5.92 Å². The number of aliphatic carboxylic acids is 1. The molecule has 0 heterocycles. The quantitative estimate of drug-likeness (QED) is 0.117. The Morgan fingerprint density at radius 1 is 0.778 bits per heavy atom. The number of hydrogen-bond donors (Lipinski definition) is 1. The van der Waals surface area contributed by atoms with Crippen LogP contribution in [0.3, 0.4) is 0 Å². The Hall–Kier alpha value is -0.992. The molecule has 7 nitrogen and oxygen atoms in total. The van der Waals surface area contributed by atoms with Gasteiger partial charge in [0.1, 0.15) is 0 Å². The maximum Gasteiger partial charge on any atom is 0.466 e. The van der Waals surface area contributed by atoms with Crippen LogP contribution in [0.4, 0.5) is 26.3 Å². The van der Waals surface area contributed by atoms with Crippen LogP contribution in [0.15, 0.2) is 12.2 Å². The molecule has 0 amide bonds. The first-order chi connectivity index (χ1) is 15.7. The Morgan fingerprint density at radius 3 is 1.53 bits per heavy atom. The van der Waals surface area contributed by atoms with Crippen LogP contribution in [0.1, 0.15) is 6.42 Å². The lowest BCUT2D eigenvalue weighted by Gasteiger charge is -2.46. The maximum absolute atomic E-state index is 13.8. The van der Waals surface area contributed by atoms with E-state index in [-0.39, 0.29) is 0 Å². The molecule has 36 heavy (non-hydrogen) atoms. The first kappa shape index (κ1) is 35.0. The van der Waals surface area contributed by atoms with Gasteiger partial charge in [0.05, 0.1) is 6.61 Å². The van der Waals surface area contributed by atoms with Crippen LogP contribution < -0.4 is 0 Å². The molecule has 0 aromatic rings. The van der Waals surface area contributed by atoms with E-state index in [1.54, 1.807) is 39.3 Å². The van der Waals surface area contributed by atoms with Crippen molar-refractivity contribution in [1.82, 2.24) is 0 Å². The van der Waals surface area contributed by atoms with Gasteiger partial charge in [-0.05, 0) is 58.8 Å². The van der Waals surface area contributed by atoms with E-state index in [0.717, 1.165) is 0 Å². The zero-order chi connectivity index (χ0) is 29.0. The van der Waals surface area contributed by atoms with Crippen molar-refractivity contribution in [1.29, 1.82) is 0 Å². The number of halogens is 6. The molecule has 0 aliphatic heterocycles. The standard InChI is InChI=1S/C19H36F6O7Si4/c1-33(2,3)30-36(9,31-34(4,5)6)32-35(7,8)14(17(18(20,21)22)19(23,24)25)12-13-29-16(28)11-10-15(26)27/h10-11,14,17H,12-13H2,1-9H3,(H,26,27). The van der Waals surface area contributed by atoms with Gasteiger partial charge >= 0.3 is 33.1 Å². The molecule has 0 aromatic carbocycles. The summed E-state index contributed by atoms with van der Waals surface area (Å²) in [6.45, 7) is 14.0. The van der Waals surface area contributed by atoms with Gasteiger partial charge in [-0.2, -0.15) is 26.3 Å². The van der Waals surface area contributed by atoms with Crippen molar-refractivity contribution < 1.29 is 58.1 Å². The summed E-state index contributed by atoms with van der Waals surface area (Å²) in [7, 11) is -12.4. The lowest BCUT2D eigenvalue weighted by atomic mass is 10.0. The molecular weight excluding hydrogens is 567 g/mol. The third kappa shape index (κ3) is 13.5. The molecule has 1 N–H and O–H groups in total. The minimum absolute atomic E-state index is 0.439. The van der Waals surface area contributed by atoms with Crippen LogP contribution in [0.25, 0.3) is 0 Å². The van der Waals surface area contributed by atoms with Crippen molar-refractivity contribution in [3.05, 3.63) is 12.2 Å². The summed E-state index contributed by atoms with van der Waals surface area (Å²) in [5, 5.41) is 8.53. The van der Waals surface area contributed by atoms with Crippen molar-refractivity contribution >= 4 is 45.7 Å². The first-order valence-electron chi connectivity index (χ1n) is 11.0. The number of carbonyl (C=O) groups excluding carboxylic acids is 1. The number of ether oxygens (including phenoxy) is 1. The maximum atomic E-state index is 13.8. The monoisotopic (exact) mass is 602 g/mol. The molecule has 0 aliphatic rings. The first-order valence-corrected chi connectivity index (χ1v) is 23.0. The Bertz CT molecular complexity index is 759. The van der Waals surface area contributed by atoms with Crippen LogP contribution >= 0.6 is 0 Å². The molecule has 1 atom stereocenters. The van der Waals surface area contributed by atoms with E-state index in [9.17, 15) is 35.9 Å². The predicted octanol–water partition coefficient (Wildman–Crippen LogP) is 6.16. The summed E-state index contributed by atoms with van der Waals surface area (Å²) in [5.41, 5.74) is -2.11. The van der Waals surface area contributed by atoms with E-state index in [0.29, 0.717) is 12.2 Å².